The molecule has 0 N–H and O–H groups in total. The van der Waals surface area contributed by atoms with Crippen LogP contribution in [0, 0.1) is 5.41 Å². The van der Waals surface area contributed by atoms with Gasteiger partial charge in [0.2, 0.25) is 0 Å². The first-order valence-corrected chi connectivity index (χ1v) is 7.05. The van der Waals surface area contributed by atoms with E-state index >= 15 is 0 Å². The molecule has 17 heavy (non-hydrogen) atoms. The molecule has 0 amide bonds. The van der Waals surface area contributed by atoms with Crippen LogP contribution in [0.5, 0.6) is 0 Å². The first kappa shape index (κ1) is 14.9. The number of piperazine rings is 1. The Morgan fingerprint density at radius 3 is 2.41 bits per heavy atom. The Morgan fingerprint density at radius 2 is 1.88 bits per heavy atom. The highest BCUT2D eigenvalue weighted by Gasteiger charge is 2.29. The monoisotopic (exact) mass is 260 g/mol. The first-order chi connectivity index (χ1) is 7.95. The van der Waals surface area contributed by atoms with Crippen LogP contribution in [0.3, 0.4) is 0 Å². The van der Waals surface area contributed by atoms with Gasteiger partial charge in [-0.1, -0.05) is 9.24 Å². The maximum atomic E-state index is 11.7. The highest BCUT2D eigenvalue weighted by molar-refractivity contribution is 7.16. The Hall–Kier alpha value is -0.180. The van der Waals surface area contributed by atoms with Crippen LogP contribution in [0.15, 0.2) is 0 Å². The number of nitrogens with zero attached hydrogens (tertiary/aromatic N) is 2. The summed E-state index contributed by atoms with van der Waals surface area (Å²) in [5.74, 6) is -0.0957. The molecule has 0 aromatic carbocycles. The van der Waals surface area contributed by atoms with Crippen molar-refractivity contribution < 1.29 is 9.53 Å². The Kier molecular flexibility index (Phi) is 5.84. The van der Waals surface area contributed by atoms with Gasteiger partial charge in [-0.25, -0.2) is 0 Å². The van der Waals surface area contributed by atoms with E-state index in [2.05, 4.69) is 26.1 Å². The lowest BCUT2D eigenvalue weighted by molar-refractivity contribution is -0.152. The van der Waals surface area contributed by atoms with Crippen LogP contribution in [-0.2, 0) is 9.53 Å². The molecule has 100 valence electrons. The number of carbonyl (C=O) groups is 1. The summed E-state index contributed by atoms with van der Waals surface area (Å²) in [5.41, 5.74) is -0.375. The van der Waals surface area contributed by atoms with Crippen LogP contribution in [0.2, 0.25) is 0 Å². The molecule has 1 heterocycles. The lowest BCUT2D eigenvalue weighted by Crippen LogP contribution is -2.45. The molecule has 0 radical (unpaired) electrons. The van der Waals surface area contributed by atoms with Crippen LogP contribution in [-0.4, -0.2) is 61.9 Å². The second kappa shape index (κ2) is 6.67. The van der Waals surface area contributed by atoms with Crippen molar-refractivity contribution >= 4 is 15.2 Å². The third-order valence-electron chi connectivity index (χ3n) is 3.42. The topological polar surface area (TPSA) is 32.8 Å². The van der Waals surface area contributed by atoms with Crippen LogP contribution in [0.1, 0.15) is 20.3 Å². The summed E-state index contributed by atoms with van der Waals surface area (Å²) in [6.45, 7) is 9.35. The Balaban J connectivity index is 2.31. The van der Waals surface area contributed by atoms with E-state index in [1.807, 2.05) is 13.8 Å². The van der Waals surface area contributed by atoms with Crippen molar-refractivity contribution in [3.8, 4) is 0 Å². The van der Waals surface area contributed by atoms with E-state index in [1.54, 1.807) is 0 Å². The Labute approximate surface area is 107 Å². The van der Waals surface area contributed by atoms with Crippen molar-refractivity contribution in [3.63, 3.8) is 0 Å². The Morgan fingerprint density at radius 1 is 1.29 bits per heavy atom. The minimum absolute atomic E-state index is 0.0957. The van der Waals surface area contributed by atoms with Crippen molar-refractivity contribution in [1.82, 2.24) is 9.80 Å². The number of hydrogen-bond donors (Lipinski definition) is 0. The summed E-state index contributed by atoms with van der Waals surface area (Å²) >= 11 is 0. The van der Waals surface area contributed by atoms with Gasteiger partial charge in [-0.05, 0) is 33.9 Å². The standard InChI is InChI=1S/C12H25N2O2P/c1-12(2,11(15)16-10-17)4-5-14-8-6-13(3)7-9-14/h4-10,17H2,1-3H3. The minimum atomic E-state index is -0.375. The zero-order valence-corrected chi connectivity index (χ0v) is 12.4. The van der Waals surface area contributed by atoms with Gasteiger partial charge in [0.15, 0.2) is 0 Å². The molecule has 1 atom stereocenters. The van der Waals surface area contributed by atoms with E-state index in [0.29, 0.717) is 6.35 Å². The highest BCUT2D eigenvalue weighted by Crippen LogP contribution is 2.23. The second-order valence-corrected chi connectivity index (χ2v) is 5.71. The maximum Gasteiger partial charge on any atom is 0.311 e. The van der Waals surface area contributed by atoms with Gasteiger partial charge in [-0.3, -0.25) is 4.79 Å². The molecule has 1 aliphatic heterocycles. The quantitative estimate of drug-likeness (QED) is 0.546. The van der Waals surface area contributed by atoms with Gasteiger partial charge in [-0.15, -0.1) is 0 Å². The number of likely N-dealkylation sites (N-methyl/N-ethyl adjacent to an activating group) is 1. The normalized spacial score (nSPS) is 19.3. The largest absolute Gasteiger partial charge is 0.461 e. The third kappa shape index (κ3) is 4.90. The summed E-state index contributed by atoms with van der Waals surface area (Å²) in [7, 11) is 4.57. The molecule has 4 nitrogen and oxygen atoms in total. The van der Waals surface area contributed by atoms with Gasteiger partial charge in [0, 0.05) is 26.2 Å². The molecule has 1 rings (SSSR count). The zero-order chi connectivity index (χ0) is 12.9. The number of esters is 1. The van der Waals surface area contributed by atoms with Crippen LogP contribution in [0.4, 0.5) is 0 Å². The fourth-order valence-corrected chi connectivity index (χ4v) is 2.03. The SMILES string of the molecule is CN1CCN(CCC(C)(C)C(=O)OCP)CC1. The summed E-state index contributed by atoms with van der Waals surface area (Å²) in [5, 5.41) is 0. The molecule has 0 aliphatic carbocycles. The first-order valence-electron chi connectivity index (χ1n) is 6.24. The van der Waals surface area contributed by atoms with E-state index in [9.17, 15) is 4.79 Å². The summed E-state index contributed by atoms with van der Waals surface area (Å²) < 4.78 is 5.06. The number of ether oxygens (including phenoxy) is 1. The Bertz CT molecular complexity index is 251. The molecule has 0 aromatic rings. The van der Waals surface area contributed by atoms with Crippen molar-refractivity contribution in [3.05, 3.63) is 0 Å². The molecule has 0 aromatic heterocycles. The molecular weight excluding hydrogens is 235 g/mol. The predicted molar refractivity (Wildman–Crippen MR) is 73.0 cm³/mol. The van der Waals surface area contributed by atoms with E-state index in [0.717, 1.165) is 39.1 Å². The summed E-state index contributed by atoms with van der Waals surface area (Å²) in [6, 6.07) is 0. The molecule has 5 heteroatoms. The number of hydrogen-bond acceptors (Lipinski definition) is 4. The van der Waals surface area contributed by atoms with Gasteiger partial charge >= 0.3 is 5.97 Å². The molecule has 0 bridgehead atoms. The summed E-state index contributed by atoms with van der Waals surface area (Å²) in [6.07, 6.45) is 1.25. The lowest BCUT2D eigenvalue weighted by Gasteiger charge is -2.34. The lowest BCUT2D eigenvalue weighted by atomic mass is 9.89. The van der Waals surface area contributed by atoms with Crippen LogP contribution >= 0.6 is 9.24 Å². The van der Waals surface area contributed by atoms with Crippen molar-refractivity contribution in [2.45, 2.75) is 20.3 Å². The number of rotatable bonds is 5. The van der Waals surface area contributed by atoms with Gasteiger partial charge < -0.3 is 14.5 Å². The smallest absolute Gasteiger partial charge is 0.311 e. The van der Waals surface area contributed by atoms with Crippen molar-refractivity contribution in [2.24, 2.45) is 5.41 Å². The molecule has 0 spiro atoms. The van der Waals surface area contributed by atoms with E-state index in [4.69, 9.17) is 4.74 Å². The molecule has 1 saturated heterocycles. The molecular formula is C12H25N2O2P. The van der Waals surface area contributed by atoms with Crippen LogP contribution in [0.25, 0.3) is 0 Å². The molecule has 0 saturated carbocycles. The fraction of sp³-hybridized carbons (Fsp3) is 0.917. The predicted octanol–water partition coefficient (Wildman–Crippen LogP) is 1.03. The number of carbonyl (C=O) groups excluding carboxylic acids is 1. The van der Waals surface area contributed by atoms with E-state index < -0.39 is 0 Å². The minimum Gasteiger partial charge on any atom is -0.461 e. The molecule has 1 fully saturated rings. The van der Waals surface area contributed by atoms with Gasteiger partial charge in [0.25, 0.3) is 0 Å². The van der Waals surface area contributed by atoms with E-state index in [-0.39, 0.29) is 11.4 Å². The average Bonchev–Trinajstić information content (AvgIpc) is 2.29. The van der Waals surface area contributed by atoms with Crippen LogP contribution < -0.4 is 0 Å². The molecule has 1 aliphatic rings. The maximum absolute atomic E-state index is 11.7. The zero-order valence-electron chi connectivity index (χ0n) is 11.2. The van der Waals surface area contributed by atoms with Crippen molar-refractivity contribution in [1.29, 1.82) is 0 Å². The third-order valence-corrected chi connectivity index (χ3v) is 3.58. The second-order valence-electron chi connectivity index (χ2n) is 5.38. The average molecular weight is 260 g/mol. The molecule has 1 unspecified atom stereocenters. The van der Waals surface area contributed by atoms with Gasteiger partial charge in [-0.2, -0.15) is 0 Å². The van der Waals surface area contributed by atoms with Gasteiger partial charge in [0.1, 0.15) is 6.35 Å². The van der Waals surface area contributed by atoms with Gasteiger partial charge in [0.05, 0.1) is 5.41 Å². The summed E-state index contributed by atoms with van der Waals surface area (Å²) in [4.78, 5) is 16.5. The van der Waals surface area contributed by atoms with E-state index in [1.165, 1.54) is 0 Å². The fourth-order valence-electron chi connectivity index (χ4n) is 1.88. The van der Waals surface area contributed by atoms with Crippen molar-refractivity contribution in [2.75, 3.05) is 46.1 Å². The highest BCUT2D eigenvalue weighted by atomic mass is 31.0.